The van der Waals surface area contributed by atoms with Crippen molar-refractivity contribution < 1.29 is 23.8 Å². The van der Waals surface area contributed by atoms with Gasteiger partial charge in [0, 0.05) is 13.2 Å². The topological polar surface area (TPSA) is 75.6 Å². The number of unbranched alkanes of at least 4 members (excludes halogenated alkanes) is 1. The molecule has 1 unspecified atom stereocenters. The van der Waals surface area contributed by atoms with Gasteiger partial charge in [0.25, 0.3) is 0 Å². The van der Waals surface area contributed by atoms with E-state index in [0.29, 0.717) is 12.2 Å². The van der Waals surface area contributed by atoms with Gasteiger partial charge in [-0.15, -0.1) is 0 Å². The molecule has 0 aliphatic heterocycles. The predicted octanol–water partition coefficient (Wildman–Crippen LogP) is 1.93. The molecule has 5 nitrogen and oxygen atoms in total. The maximum absolute atomic E-state index is 12.8. The number of carbonyl (C=O) groups is 2. The SMILES string of the molecule is CCCCOCC(=O)NCC(C(=O)O)c1ccc(F)cc1. The summed E-state index contributed by atoms with van der Waals surface area (Å²) in [4.78, 5) is 22.7. The van der Waals surface area contributed by atoms with E-state index in [1.807, 2.05) is 6.92 Å². The number of halogens is 1. The number of ether oxygens (including phenoxy) is 1. The largest absolute Gasteiger partial charge is 0.481 e. The van der Waals surface area contributed by atoms with Crippen LogP contribution in [0.3, 0.4) is 0 Å². The molecule has 0 aromatic heterocycles. The molecule has 0 saturated heterocycles. The van der Waals surface area contributed by atoms with Crippen molar-refractivity contribution >= 4 is 11.9 Å². The van der Waals surface area contributed by atoms with Crippen molar-refractivity contribution in [2.24, 2.45) is 0 Å². The van der Waals surface area contributed by atoms with Crippen LogP contribution < -0.4 is 5.32 Å². The number of aliphatic carboxylic acids is 1. The number of carboxylic acid groups (broad SMARTS) is 1. The van der Waals surface area contributed by atoms with Gasteiger partial charge in [-0.2, -0.15) is 0 Å². The van der Waals surface area contributed by atoms with E-state index in [1.54, 1.807) is 0 Å². The van der Waals surface area contributed by atoms with Gasteiger partial charge in [-0.3, -0.25) is 9.59 Å². The minimum absolute atomic E-state index is 0.0586. The van der Waals surface area contributed by atoms with Crippen LogP contribution in [-0.2, 0) is 14.3 Å². The molecule has 0 fully saturated rings. The van der Waals surface area contributed by atoms with Crippen molar-refractivity contribution in [1.29, 1.82) is 0 Å². The number of carbonyl (C=O) groups excluding carboxylic acids is 1. The van der Waals surface area contributed by atoms with E-state index < -0.39 is 17.7 Å². The molecule has 1 rings (SSSR count). The van der Waals surface area contributed by atoms with Crippen LogP contribution in [0.2, 0.25) is 0 Å². The van der Waals surface area contributed by atoms with Crippen LogP contribution in [0.4, 0.5) is 4.39 Å². The standard InChI is InChI=1S/C15H20FNO4/c1-2-3-8-21-10-14(18)17-9-13(15(19)20)11-4-6-12(16)7-5-11/h4-7,13H,2-3,8-10H2,1H3,(H,17,18)(H,19,20). The molecule has 0 radical (unpaired) electrons. The van der Waals surface area contributed by atoms with Crippen LogP contribution in [-0.4, -0.2) is 36.7 Å². The first-order chi connectivity index (χ1) is 10.0. The van der Waals surface area contributed by atoms with Crippen LogP contribution in [0.1, 0.15) is 31.2 Å². The number of hydrogen-bond donors (Lipinski definition) is 2. The van der Waals surface area contributed by atoms with Gasteiger partial charge in [0.1, 0.15) is 12.4 Å². The molecule has 21 heavy (non-hydrogen) atoms. The Morgan fingerprint density at radius 1 is 1.33 bits per heavy atom. The molecule has 0 aliphatic carbocycles. The minimum atomic E-state index is -1.08. The molecule has 1 aromatic carbocycles. The van der Waals surface area contributed by atoms with Crippen LogP contribution in [0.25, 0.3) is 0 Å². The molecule has 0 spiro atoms. The first-order valence-electron chi connectivity index (χ1n) is 6.87. The van der Waals surface area contributed by atoms with Crippen LogP contribution in [0, 0.1) is 5.82 Å². The summed E-state index contributed by atoms with van der Waals surface area (Å²) < 4.78 is 18.0. The van der Waals surface area contributed by atoms with Crippen molar-refractivity contribution in [2.45, 2.75) is 25.7 Å². The van der Waals surface area contributed by atoms with Crippen molar-refractivity contribution in [1.82, 2.24) is 5.32 Å². The van der Waals surface area contributed by atoms with Crippen molar-refractivity contribution in [3.05, 3.63) is 35.6 Å². The second-order valence-corrected chi connectivity index (χ2v) is 4.65. The molecule has 0 aliphatic rings. The molecule has 116 valence electrons. The number of rotatable bonds is 9. The van der Waals surface area contributed by atoms with Crippen molar-refractivity contribution in [2.75, 3.05) is 19.8 Å². The van der Waals surface area contributed by atoms with E-state index in [0.717, 1.165) is 12.8 Å². The zero-order valence-electron chi connectivity index (χ0n) is 12.0. The van der Waals surface area contributed by atoms with Gasteiger partial charge >= 0.3 is 5.97 Å². The molecule has 2 N–H and O–H groups in total. The monoisotopic (exact) mass is 297 g/mol. The molecule has 0 saturated carbocycles. The van der Waals surface area contributed by atoms with Gasteiger partial charge in [-0.05, 0) is 24.1 Å². The van der Waals surface area contributed by atoms with E-state index in [2.05, 4.69) is 5.32 Å². The van der Waals surface area contributed by atoms with Crippen molar-refractivity contribution in [3.8, 4) is 0 Å². The molecule has 1 amide bonds. The van der Waals surface area contributed by atoms with E-state index in [-0.39, 0.29) is 19.1 Å². The molecule has 0 bridgehead atoms. The Bertz CT molecular complexity index is 461. The predicted molar refractivity (Wildman–Crippen MR) is 75.5 cm³/mol. The fourth-order valence-electron chi connectivity index (χ4n) is 1.72. The van der Waals surface area contributed by atoms with Gasteiger partial charge in [0.05, 0.1) is 5.92 Å². The highest BCUT2D eigenvalue weighted by molar-refractivity contribution is 5.80. The number of amides is 1. The Balaban J connectivity index is 2.46. The third kappa shape index (κ3) is 6.35. The summed E-state index contributed by atoms with van der Waals surface area (Å²) >= 11 is 0. The highest BCUT2D eigenvalue weighted by atomic mass is 19.1. The lowest BCUT2D eigenvalue weighted by Gasteiger charge is -2.14. The van der Waals surface area contributed by atoms with Crippen LogP contribution in [0.5, 0.6) is 0 Å². The number of nitrogens with one attached hydrogen (secondary N) is 1. The lowest BCUT2D eigenvalue weighted by molar-refractivity contribution is -0.138. The van der Waals surface area contributed by atoms with Crippen LogP contribution >= 0.6 is 0 Å². The summed E-state index contributed by atoms with van der Waals surface area (Å²) in [6, 6.07) is 5.19. The van der Waals surface area contributed by atoms with Gasteiger partial charge in [-0.1, -0.05) is 25.5 Å². The van der Waals surface area contributed by atoms with Gasteiger partial charge in [0.15, 0.2) is 0 Å². The molecule has 1 aromatic rings. The fourth-order valence-corrected chi connectivity index (χ4v) is 1.72. The smallest absolute Gasteiger partial charge is 0.312 e. The summed E-state index contributed by atoms with van der Waals surface area (Å²) in [6.45, 7) is 2.38. The molecular formula is C15H20FNO4. The Kier molecular flexibility index (Phi) is 7.39. The third-order valence-corrected chi connectivity index (χ3v) is 2.95. The third-order valence-electron chi connectivity index (χ3n) is 2.95. The normalized spacial score (nSPS) is 11.9. The molecule has 1 atom stereocenters. The Morgan fingerprint density at radius 3 is 2.57 bits per heavy atom. The Morgan fingerprint density at radius 2 is 2.00 bits per heavy atom. The summed E-state index contributed by atoms with van der Waals surface area (Å²) in [7, 11) is 0. The quantitative estimate of drug-likeness (QED) is 0.683. The second-order valence-electron chi connectivity index (χ2n) is 4.65. The Labute approximate surface area is 123 Å². The lowest BCUT2D eigenvalue weighted by atomic mass is 9.99. The first-order valence-corrected chi connectivity index (χ1v) is 6.87. The zero-order valence-corrected chi connectivity index (χ0v) is 12.0. The maximum Gasteiger partial charge on any atom is 0.312 e. The molecule has 6 heteroatoms. The second kappa shape index (κ2) is 9.07. The van der Waals surface area contributed by atoms with Crippen molar-refractivity contribution in [3.63, 3.8) is 0 Å². The van der Waals surface area contributed by atoms with Gasteiger partial charge in [0.2, 0.25) is 5.91 Å². The summed E-state index contributed by atoms with van der Waals surface area (Å²) in [5.41, 5.74) is 0.441. The highest BCUT2D eigenvalue weighted by Crippen LogP contribution is 2.15. The number of carboxylic acids is 1. The van der Waals surface area contributed by atoms with E-state index in [9.17, 15) is 19.1 Å². The van der Waals surface area contributed by atoms with Crippen LogP contribution in [0.15, 0.2) is 24.3 Å². The molecular weight excluding hydrogens is 277 g/mol. The number of benzene rings is 1. The number of hydrogen-bond acceptors (Lipinski definition) is 3. The van der Waals surface area contributed by atoms with E-state index in [4.69, 9.17) is 4.74 Å². The van der Waals surface area contributed by atoms with E-state index in [1.165, 1.54) is 24.3 Å². The highest BCUT2D eigenvalue weighted by Gasteiger charge is 2.20. The summed E-state index contributed by atoms with van der Waals surface area (Å²) in [5.74, 6) is -2.78. The van der Waals surface area contributed by atoms with E-state index >= 15 is 0 Å². The Hall–Kier alpha value is -1.95. The maximum atomic E-state index is 12.8. The summed E-state index contributed by atoms with van der Waals surface area (Å²) in [5, 5.41) is 11.7. The van der Waals surface area contributed by atoms with Gasteiger partial charge < -0.3 is 15.2 Å². The summed E-state index contributed by atoms with van der Waals surface area (Å²) in [6.07, 6.45) is 1.86. The molecule has 0 heterocycles. The zero-order chi connectivity index (χ0) is 15.7. The fraction of sp³-hybridized carbons (Fsp3) is 0.467. The lowest BCUT2D eigenvalue weighted by Crippen LogP contribution is -2.34. The average molecular weight is 297 g/mol. The van der Waals surface area contributed by atoms with Gasteiger partial charge in [-0.25, -0.2) is 4.39 Å². The minimum Gasteiger partial charge on any atom is -0.481 e. The average Bonchev–Trinajstić information content (AvgIpc) is 2.45. The first kappa shape index (κ1) is 17.1.